The second kappa shape index (κ2) is 29.4. The maximum atomic E-state index is 13.5. The lowest BCUT2D eigenvalue weighted by Gasteiger charge is -2.20. The minimum Gasteiger partial charge on any atom is -0.545 e. The maximum Gasteiger partial charge on any atom is 0.251 e. The molecule has 0 saturated carbocycles. The standard InChI is InChI=1S/C38H43NO4.2C9H21N/c1-4-6-7-8-9-10-11-12-13-14-23-39-37(41)30-21-18-26-28-19-22-31(38(42)43)36-29(32(40)5-2)20-17-27(35(28)36)25-16-15-24(3)33(30)34(25)26;2*1-4-7-10(8-5-2)9-6-3/h15-22H,4-14,23H2,1-3H3,(H,39,41)(H,42,43);2*4-9H2,1-3H3/p+1. The molecule has 0 radical (unpaired) electrons. The fourth-order valence-electron chi connectivity index (χ4n) is 9.62. The molecule has 0 unspecified atom stereocenters. The molecule has 0 heterocycles. The molecule has 0 atom stereocenters. The summed E-state index contributed by atoms with van der Waals surface area (Å²) in [6.45, 7) is 28.5. The van der Waals surface area contributed by atoms with Crippen LogP contribution in [0.25, 0.3) is 43.1 Å². The topological polar surface area (TPSA) is 95.2 Å². The van der Waals surface area contributed by atoms with Crippen LogP contribution in [-0.4, -0.2) is 63.5 Å². The van der Waals surface area contributed by atoms with Crippen LogP contribution in [0.2, 0.25) is 0 Å². The predicted octanol–water partition coefficient (Wildman–Crippen LogP) is 10.9. The van der Waals surface area contributed by atoms with E-state index in [1.54, 1.807) is 28.9 Å². The van der Waals surface area contributed by atoms with Gasteiger partial charge in [-0.05, 0) is 101 Å². The number of hydrogen-bond donors (Lipinski definition) is 3. The van der Waals surface area contributed by atoms with Gasteiger partial charge in [-0.3, -0.25) is 9.59 Å². The maximum absolute atomic E-state index is 13.5. The fraction of sp³-hybridized carbons (Fsp3) is 0.589. The highest BCUT2D eigenvalue weighted by Gasteiger charge is 2.22. The third kappa shape index (κ3) is 15.3. The summed E-state index contributed by atoms with van der Waals surface area (Å²) >= 11 is 0. The van der Waals surface area contributed by atoms with Gasteiger partial charge in [-0.15, -0.1) is 0 Å². The van der Waals surface area contributed by atoms with E-state index in [2.05, 4.69) is 53.8 Å². The van der Waals surface area contributed by atoms with Crippen molar-refractivity contribution in [2.45, 2.75) is 171 Å². The number of quaternary nitrogens is 2. The third-order valence-corrected chi connectivity index (χ3v) is 12.6. The van der Waals surface area contributed by atoms with E-state index >= 15 is 0 Å². The number of unbranched alkanes of at least 4 members (excludes halogenated alkanes) is 9. The number of benzene rings is 5. The van der Waals surface area contributed by atoms with Gasteiger partial charge in [0.25, 0.3) is 5.91 Å². The van der Waals surface area contributed by atoms with E-state index in [0.717, 1.165) is 56.1 Å². The molecule has 0 aliphatic carbocycles. The molecular weight excluding hydrogens is 779 g/mol. The molecule has 63 heavy (non-hydrogen) atoms. The summed E-state index contributed by atoms with van der Waals surface area (Å²) in [5, 5.41) is 22.0. The highest BCUT2D eigenvalue weighted by molar-refractivity contribution is 6.37. The zero-order chi connectivity index (χ0) is 46.1. The first kappa shape index (κ1) is 53.3. The van der Waals surface area contributed by atoms with Crippen molar-refractivity contribution >= 4 is 60.7 Å². The van der Waals surface area contributed by atoms with Gasteiger partial charge in [-0.25, -0.2) is 0 Å². The molecule has 7 nitrogen and oxygen atoms in total. The van der Waals surface area contributed by atoms with Gasteiger partial charge < -0.3 is 25.0 Å². The van der Waals surface area contributed by atoms with Gasteiger partial charge in [-0.1, -0.05) is 156 Å². The number of nitrogens with one attached hydrogen (secondary N) is 3. The van der Waals surface area contributed by atoms with Crippen molar-refractivity contribution in [3.8, 4) is 0 Å². The zero-order valence-electron chi connectivity index (χ0n) is 41.2. The lowest BCUT2D eigenvalue weighted by molar-refractivity contribution is -0.900. The van der Waals surface area contributed by atoms with E-state index in [1.807, 2.05) is 43.3 Å². The Balaban J connectivity index is 0.000000437. The van der Waals surface area contributed by atoms with E-state index < -0.39 is 5.97 Å². The van der Waals surface area contributed by atoms with Gasteiger partial charge in [0.1, 0.15) is 0 Å². The minimum atomic E-state index is -1.30. The van der Waals surface area contributed by atoms with Gasteiger partial charge in [0, 0.05) is 35.0 Å². The Labute approximate surface area is 382 Å². The lowest BCUT2D eigenvalue weighted by Crippen LogP contribution is -3.11. The molecule has 0 aliphatic rings. The van der Waals surface area contributed by atoms with Crippen LogP contribution in [0.15, 0.2) is 48.5 Å². The van der Waals surface area contributed by atoms with Crippen LogP contribution in [0.5, 0.6) is 0 Å². The van der Waals surface area contributed by atoms with Crippen molar-refractivity contribution < 1.29 is 29.3 Å². The molecule has 0 aliphatic heterocycles. The molecule has 1 amide bonds. The molecule has 0 bridgehead atoms. The number of aryl methyl sites for hydroxylation is 1. The van der Waals surface area contributed by atoms with Crippen LogP contribution in [-0.2, 0) is 0 Å². The average molecular weight is 865 g/mol. The first-order valence-electron chi connectivity index (χ1n) is 25.4. The normalized spacial score (nSPS) is 11.4. The molecule has 0 fully saturated rings. The average Bonchev–Trinajstić information content (AvgIpc) is 3.28. The zero-order valence-corrected chi connectivity index (χ0v) is 41.2. The summed E-state index contributed by atoms with van der Waals surface area (Å²) in [5.41, 5.74) is 2.08. The Kier molecular flexibility index (Phi) is 24.8. The number of fused-ring (bicyclic) bond motifs is 2. The second-order valence-electron chi connectivity index (χ2n) is 17.9. The van der Waals surface area contributed by atoms with E-state index in [9.17, 15) is 19.5 Å². The van der Waals surface area contributed by atoms with Crippen molar-refractivity contribution in [3.63, 3.8) is 0 Å². The van der Waals surface area contributed by atoms with E-state index in [1.165, 1.54) is 129 Å². The molecule has 5 aromatic rings. The van der Waals surface area contributed by atoms with Crippen LogP contribution < -0.4 is 20.2 Å². The van der Waals surface area contributed by atoms with Crippen molar-refractivity contribution in [2.75, 3.05) is 45.8 Å². The quantitative estimate of drug-likeness (QED) is 0.0212. The molecule has 3 N–H and O–H groups in total. The molecule has 348 valence electrons. The van der Waals surface area contributed by atoms with Gasteiger partial charge in [0.2, 0.25) is 0 Å². The summed E-state index contributed by atoms with van der Waals surface area (Å²) < 4.78 is 0. The van der Waals surface area contributed by atoms with Gasteiger partial charge in [0.05, 0.1) is 45.2 Å². The highest BCUT2D eigenvalue weighted by Crippen LogP contribution is 2.44. The molecule has 7 heteroatoms. The van der Waals surface area contributed by atoms with E-state index in [-0.39, 0.29) is 23.7 Å². The number of carboxylic acid groups (broad SMARTS) is 1. The first-order chi connectivity index (χ1) is 30.6. The number of hydrogen-bond acceptors (Lipinski definition) is 4. The number of ketones is 1. The number of Topliss-reactive ketones (excluding diaryl/α,β-unsaturated/α-hetero) is 1. The number of carbonyl (C=O) groups is 3. The van der Waals surface area contributed by atoms with Gasteiger partial charge >= 0.3 is 0 Å². The lowest BCUT2D eigenvalue weighted by atomic mass is 9.84. The van der Waals surface area contributed by atoms with E-state index in [0.29, 0.717) is 23.1 Å². The molecule has 5 rings (SSSR count). The van der Waals surface area contributed by atoms with Crippen molar-refractivity contribution in [1.82, 2.24) is 5.32 Å². The van der Waals surface area contributed by atoms with Crippen LogP contribution in [0.1, 0.15) is 201 Å². The van der Waals surface area contributed by atoms with Crippen molar-refractivity contribution in [2.24, 2.45) is 0 Å². The Hall–Kier alpha value is -4.07. The van der Waals surface area contributed by atoms with Gasteiger partial charge in [0.15, 0.2) is 5.78 Å². The first-order valence-corrected chi connectivity index (χ1v) is 25.4. The third-order valence-electron chi connectivity index (χ3n) is 12.6. The molecule has 0 saturated heterocycles. The number of carboxylic acids is 1. The van der Waals surface area contributed by atoms with E-state index in [4.69, 9.17) is 0 Å². The second-order valence-corrected chi connectivity index (χ2v) is 17.9. The van der Waals surface area contributed by atoms with Gasteiger partial charge in [-0.2, -0.15) is 0 Å². The predicted molar refractivity (Wildman–Crippen MR) is 268 cm³/mol. The Bertz CT molecular complexity index is 2060. The van der Waals surface area contributed by atoms with Crippen LogP contribution in [0.4, 0.5) is 0 Å². The molecule has 0 spiro atoms. The Morgan fingerprint density at radius 2 is 0.825 bits per heavy atom. The molecular formula is C56H86N3O4+. The monoisotopic (exact) mass is 865 g/mol. The number of aromatic carboxylic acids is 1. The number of rotatable bonds is 27. The number of carbonyl (C=O) groups excluding carboxylic acids is 3. The summed E-state index contributed by atoms with van der Waals surface area (Å²) in [6.07, 6.45) is 20.8. The van der Waals surface area contributed by atoms with Crippen molar-refractivity contribution in [3.05, 3.63) is 70.8 Å². The summed E-state index contributed by atoms with van der Waals surface area (Å²) in [6, 6.07) is 14.9. The van der Waals surface area contributed by atoms with Crippen molar-refractivity contribution in [1.29, 1.82) is 0 Å². The largest absolute Gasteiger partial charge is 0.545 e. The summed E-state index contributed by atoms with van der Waals surface area (Å²) in [4.78, 5) is 42.1. The molecule has 0 aromatic heterocycles. The van der Waals surface area contributed by atoms with Crippen LogP contribution >= 0.6 is 0 Å². The smallest absolute Gasteiger partial charge is 0.251 e. The van der Waals surface area contributed by atoms with Crippen LogP contribution in [0.3, 0.4) is 0 Å². The van der Waals surface area contributed by atoms with Crippen LogP contribution in [0, 0.1) is 6.92 Å². The number of amides is 1. The summed E-state index contributed by atoms with van der Waals surface area (Å²) in [5.74, 6) is -1.49. The fourth-order valence-corrected chi connectivity index (χ4v) is 9.62. The Morgan fingerprint density at radius 3 is 1.24 bits per heavy atom. The summed E-state index contributed by atoms with van der Waals surface area (Å²) in [7, 11) is 0. The highest BCUT2D eigenvalue weighted by atomic mass is 16.4. The SMILES string of the molecule is CCCCCCCCCCCCNC(=O)c1ccc2c3ccc(C(=O)[O-])c4c(C(=O)CC)ccc(c5ccc(C)c1c25)c43.CCC[NH+](CCC)CCC.CCC[NH+](CCC)CCC. The molecule has 5 aromatic carbocycles. The minimum absolute atomic E-state index is 0.0205. The Morgan fingerprint density at radius 1 is 0.444 bits per heavy atom.